The average molecular weight is 519 g/mol. The summed E-state index contributed by atoms with van der Waals surface area (Å²) in [5.41, 5.74) is 21.5. The molecule has 16 nitrogen and oxygen atoms in total. The number of aliphatic imine (C=N–C) groups is 1. The molecule has 206 valence electrons. The minimum Gasteiger partial charge on any atom is -0.481 e. The smallest absolute Gasteiger partial charge is 0.326 e. The summed E-state index contributed by atoms with van der Waals surface area (Å²) in [7, 11) is 0. The molecule has 0 aliphatic rings. The van der Waals surface area contributed by atoms with Crippen molar-refractivity contribution in [2.75, 3.05) is 13.1 Å². The summed E-state index contributed by atoms with van der Waals surface area (Å²) >= 11 is 0. The van der Waals surface area contributed by atoms with E-state index in [4.69, 9.17) is 22.9 Å². The number of carbonyl (C=O) groups is 5. The summed E-state index contributed by atoms with van der Waals surface area (Å²) in [6.45, 7) is 1.71. The molecule has 0 aromatic heterocycles. The van der Waals surface area contributed by atoms with E-state index in [0.29, 0.717) is 19.4 Å². The maximum atomic E-state index is 12.9. The summed E-state index contributed by atoms with van der Waals surface area (Å²) in [5.74, 6) is -5.78. The van der Waals surface area contributed by atoms with Crippen LogP contribution >= 0.6 is 0 Å². The van der Waals surface area contributed by atoms with E-state index in [1.54, 1.807) is 0 Å². The maximum Gasteiger partial charge on any atom is 0.326 e. The number of rotatable bonds is 18. The van der Waals surface area contributed by atoms with Gasteiger partial charge in [0.2, 0.25) is 17.7 Å². The van der Waals surface area contributed by atoms with Gasteiger partial charge in [-0.3, -0.25) is 24.2 Å². The molecule has 0 bridgehead atoms. The first-order valence-corrected chi connectivity index (χ1v) is 11.3. The quantitative estimate of drug-likeness (QED) is 0.0470. The van der Waals surface area contributed by atoms with Crippen LogP contribution in [0.1, 0.15) is 45.4 Å². The first-order valence-electron chi connectivity index (χ1n) is 11.3. The molecule has 0 saturated carbocycles. The molecule has 14 N–H and O–H groups in total. The van der Waals surface area contributed by atoms with Crippen molar-refractivity contribution in [3.05, 3.63) is 0 Å². The lowest BCUT2D eigenvalue weighted by Crippen LogP contribution is -2.58. The van der Waals surface area contributed by atoms with Crippen LogP contribution in [-0.2, 0) is 24.0 Å². The van der Waals surface area contributed by atoms with Crippen LogP contribution in [0.25, 0.3) is 0 Å². The lowest BCUT2D eigenvalue weighted by molar-refractivity contribution is -0.144. The average Bonchev–Trinajstić information content (AvgIpc) is 2.78. The number of guanidine groups is 1. The molecule has 0 fully saturated rings. The van der Waals surface area contributed by atoms with E-state index in [2.05, 4.69) is 20.9 Å². The highest BCUT2D eigenvalue weighted by Gasteiger charge is 2.31. The number of nitrogens with one attached hydrogen (secondary N) is 3. The second-order valence-electron chi connectivity index (χ2n) is 8.12. The third-order valence-electron chi connectivity index (χ3n) is 4.97. The van der Waals surface area contributed by atoms with E-state index in [1.165, 1.54) is 6.92 Å². The van der Waals surface area contributed by atoms with Crippen molar-refractivity contribution in [3.8, 4) is 0 Å². The first-order chi connectivity index (χ1) is 16.8. The molecule has 5 atom stereocenters. The number of nitrogens with zero attached hydrogens (tertiary/aromatic N) is 1. The van der Waals surface area contributed by atoms with Crippen molar-refractivity contribution in [1.29, 1.82) is 0 Å². The molecule has 16 heteroatoms. The Morgan fingerprint density at radius 2 is 1.36 bits per heavy atom. The van der Waals surface area contributed by atoms with E-state index in [9.17, 15) is 39.3 Å². The molecule has 0 rings (SSSR count). The minimum absolute atomic E-state index is 0.0286. The van der Waals surface area contributed by atoms with Gasteiger partial charge in [0.05, 0.1) is 12.5 Å². The Kier molecular flexibility index (Phi) is 15.4. The van der Waals surface area contributed by atoms with E-state index in [-0.39, 0.29) is 31.8 Å². The van der Waals surface area contributed by atoms with Gasteiger partial charge >= 0.3 is 11.9 Å². The number of carboxylic acids is 2. The topological polar surface area (TPSA) is 299 Å². The Hall–Kier alpha value is -3.50. The van der Waals surface area contributed by atoms with Gasteiger partial charge in [-0.25, -0.2) is 4.79 Å². The van der Waals surface area contributed by atoms with E-state index >= 15 is 0 Å². The lowest BCUT2D eigenvalue weighted by Gasteiger charge is -2.25. The predicted octanol–water partition coefficient (Wildman–Crippen LogP) is -4.11. The molecule has 36 heavy (non-hydrogen) atoms. The standard InChI is InChI=1S/C20H38N8O8/c1-10(29)15(22)18(34)26-11(6-4-8-25-20(23)24)16(32)28-13(9-14(30)31)17(33)27-12(19(35)36)5-2-3-7-21/h10-13,15,29H,2-9,21-22H2,1H3,(H,26,34)(H,27,33)(H,28,32)(H,30,31)(H,35,36)(H4,23,24,25). The van der Waals surface area contributed by atoms with E-state index < -0.39 is 66.4 Å². The van der Waals surface area contributed by atoms with Gasteiger partial charge in [0, 0.05) is 6.54 Å². The van der Waals surface area contributed by atoms with Gasteiger partial charge in [-0.1, -0.05) is 0 Å². The number of carboxylic acid groups (broad SMARTS) is 2. The normalized spacial score (nSPS) is 14.9. The fraction of sp³-hybridized carbons (Fsp3) is 0.700. The van der Waals surface area contributed by atoms with Crippen molar-refractivity contribution >= 4 is 35.6 Å². The van der Waals surface area contributed by atoms with Crippen LogP contribution < -0.4 is 38.9 Å². The van der Waals surface area contributed by atoms with Gasteiger partial charge in [-0.2, -0.15) is 0 Å². The Bertz CT molecular complexity index is 788. The molecule has 3 amide bonds. The number of aliphatic hydroxyl groups excluding tert-OH is 1. The van der Waals surface area contributed by atoms with Crippen LogP contribution in [0.4, 0.5) is 0 Å². The van der Waals surface area contributed by atoms with Crippen LogP contribution in [-0.4, -0.2) is 94.3 Å². The predicted molar refractivity (Wildman–Crippen MR) is 128 cm³/mol. The van der Waals surface area contributed by atoms with Gasteiger partial charge in [0.1, 0.15) is 24.2 Å². The number of amides is 3. The van der Waals surface area contributed by atoms with Crippen LogP contribution in [0.3, 0.4) is 0 Å². The highest BCUT2D eigenvalue weighted by molar-refractivity contribution is 5.95. The SMILES string of the molecule is CC(O)C(N)C(=O)NC(CCCN=C(N)N)C(=O)NC(CC(=O)O)C(=O)NC(CCCCN)C(=O)O. The zero-order valence-corrected chi connectivity index (χ0v) is 20.2. The maximum absolute atomic E-state index is 12.9. The number of aliphatic hydroxyl groups is 1. The highest BCUT2D eigenvalue weighted by atomic mass is 16.4. The monoisotopic (exact) mass is 518 g/mol. The third-order valence-corrected chi connectivity index (χ3v) is 4.97. The molecular weight excluding hydrogens is 480 g/mol. The van der Waals surface area contributed by atoms with Crippen LogP contribution in [0.5, 0.6) is 0 Å². The molecule has 0 heterocycles. The molecule has 5 unspecified atom stereocenters. The number of unbranched alkanes of at least 4 members (excludes halogenated alkanes) is 1. The van der Waals surface area contributed by atoms with Crippen molar-refractivity contribution in [3.63, 3.8) is 0 Å². The summed E-state index contributed by atoms with van der Waals surface area (Å²) in [6, 6.07) is -5.62. The van der Waals surface area contributed by atoms with Gasteiger partial charge in [0.15, 0.2) is 5.96 Å². The molecule has 0 aromatic carbocycles. The first kappa shape index (κ1) is 32.5. The number of hydrogen-bond donors (Lipinski definition) is 10. The van der Waals surface area contributed by atoms with Gasteiger partial charge < -0.3 is 54.2 Å². The Morgan fingerprint density at radius 3 is 1.86 bits per heavy atom. The fourth-order valence-corrected chi connectivity index (χ4v) is 2.94. The highest BCUT2D eigenvalue weighted by Crippen LogP contribution is 2.05. The van der Waals surface area contributed by atoms with Gasteiger partial charge in [-0.05, 0) is 45.6 Å². The van der Waals surface area contributed by atoms with Crippen molar-refractivity contribution in [2.45, 2.75) is 75.7 Å². The van der Waals surface area contributed by atoms with E-state index in [1.807, 2.05) is 0 Å². The second kappa shape index (κ2) is 17.0. The Balaban J connectivity index is 5.58. The minimum atomic E-state index is -1.64. The Labute approximate surface area is 208 Å². The molecule has 0 aromatic rings. The van der Waals surface area contributed by atoms with Crippen LogP contribution in [0.15, 0.2) is 4.99 Å². The fourth-order valence-electron chi connectivity index (χ4n) is 2.94. The lowest BCUT2D eigenvalue weighted by atomic mass is 10.1. The van der Waals surface area contributed by atoms with E-state index in [0.717, 1.165) is 0 Å². The van der Waals surface area contributed by atoms with Crippen molar-refractivity contribution in [1.82, 2.24) is 16.0 Å². The van der Waals surface area contributed by atoms with Gasteiger partial charge in [0.25, 0.3) is 0 Å². The molecule has 0 aliphatic carbocycles. The summed E-state index contributed by atoms with van der Waals surface area (Å²) in [6.07, 6.45) is -0.936. The van der Waals surface area contributed by atoms with Crippen LogP contribution in [0.2, 0.25) is 0 Å². The number of hydrogen-bond acceptors (Lipinski definition) is 9. The number of nitrogens with two attached hydrogens (primary N) is 4. The van der Waals surface area contributed by atoms with Crippen molar-refractivity contribution < 1.29 is 39.3 Å². The molecule has 0 aliphatic heterocycles. The Morgan fingerprint density at radius 1 is 0.833 bits per heavy atom. The molecular formula is C20H38N8O8. The van der Waals surface area contributed by atoms with Gasteiger partial charge in [-0.15, -0.1) is 0 Å². The summed E-state index contributed by atoms with van der Waals surface area (Å²) < 4.78 is 0. The molecule has 0 radical (unpaired) electrons. The summed E-state index contributed by atoms with van der Waals surface area (Å²) in [4.78, 5) is 64.4. The summed E-state index contributed by atoms with van der Waals surface area (Å²) in [5, 5.41) is 34.9. The second-order valence-corrected chi connectivity index (χ2v) is 8.12. The van der Waals surface area contributed by atoms with Crippen molar-refractivity contribution in [2.24, 2.45) is 27.9 Å². The molecule has 0 saturated heterocycles. The number of aliphatic carboxylic acids is 2. The largest absolute Gasteiger partial charge is 0.481 e. The molecule has 0 spiro atoms. The number of carbonyl (C=O) groups excluding carboxylic acids is 3. The zero-order chi connectivity index (χ0) is 27.8. The zero-order valence-electron chi connectivity index (χ0n) is 20.2. The van der Waals surface area contributed by atoms with Crippen LogP contribution in [0, 0.1) is 0 Å². The third kappa shape index (κ3) is 13.4.